The number of unbranched alkanes of at least 4 members (excludes halogenated alkanes) is 2. The van der Waals surface area contributed by atoms with Gasteiger partial charge in [0.15, 0.2) is 5.78 Å². The van der Waals surface area contributed by atoms with Gasteiger partial charge >= 0.3 is 12.2 Å². The lowest BCUT2D eigenvalue weighted by atomic mass is 9.98. The summed E-state index contributed by atoms with van der Waals surface area (Å²) in [4.78, 5) is 62.4. The molecule has 0 fully saturated rings. The number of terminal acetylenes is 1. The Bertz CT molecular complexity index is 2330. The first-order valence-corrected chi connectivity index (χ1v) is 25.0. The maximum atomic E-state index is 12.7. The van der Waals surface area contributed by atoms with Gasteiger partial charge in [0, 0.05) is 31.3 Å². The highest BCUT2D eigenvalue weighted by Crippen LogP contribution is 2.45. The van der Waals surface area contributed by atoms with E-state index >= 15 is 0 Å². The van der Waals surface area contributed by atoms with Gasteiger partial charge < -0.3 is 59.2 Å². The molecule has 0 saturated carbocycles. The Morgan fingerprint density at radius 2 is 0.904 bits per heavy atom. The summed E-state index contributed by atoms with van der Waals surface area (Å²) in [7, 11) is 0. The van der Waals surface area contributed by atoms with E-state index in [2.05, 4.69) is 75.7 Å². The molecule has 6 rings (SSSR count). The molecule has 0 bridgehead atoms. The van der Waals surface area contributed by atoms with Gasteiger partial charge in [0.2, 0.25) is 11.8 Å². The average molecular weight is 1010 g/mol. The number of ether oxygens (including phenoxy) is 8. The lowest BCUT2D eigenvalue weighted by Gasteiger charge is -2.18. The molecule has 0 heterocycles. The fraction of sp³-hybridized carbons (Fsp3) is 0.446. The molecule has 17 nitrogen and oxygen atoms in total. The van der Waals surface area contributed by atoms with Gasteiger partial charge in [-0.2, -0.15) is 0 Å². The van der Waals surface area contributed by atoms with Gasteiger partial charge in [0.1, 0.15) is 32.5 Å². The lowest BCUT2D eigenvalue weighted by molar-refractivity contribution is -0.132. The third-order valence-corrected chi connectivity index (χ3v) is 12.2. The number of hydrogen-bond acceptors (Lipinski definition) is 13. The van der Waals surface area contributed by atoms with Gasteiger partial charge in [-0.05, 0) is 57.3 Å². The summed E-state index contributed by atoms with van der Waals surface area (Å²) >= 11 is 0. The van der Waals surface area contributed by atoms with Crippen molar-refractivity contribution < 1.29 is 61.9 Å². The molecule has 4 aromatic rings. The number of carbonyl (C=O) groups excluding carboxylic acids is 5. The Labute approximate surface area is 427 Å². The van der Waals surface area contributed by atoms with Crippen molar-refractivity contribution in [2.75, 3.05) is 112 Å². The predicted molar refractivity (Wildman–Crippen MR) is 273 cm³/mol. The van der Waals surface area contributed by atoms with Gasteiger partial charge in [0.05, 0.1) is 72.6 Å². The molecule has 0 radical (unpaired) electrons. The fourth-order valence-corrected chi connectivity index (χ4v) is 8.67. The molecule has 17 heteroatoms. The van der Waals surface area contributed by atoms with E-state index in [-0.39, 0.29) is 83.6 Å². The van der Waals surface area contributed by atoms with E-state index in [9.17, 15) is 24.0 Å². The molecule has 0 aliphatic heterocycles. The van der Waals surface area contributed by atoms with Crippen molar-refractivity contribution >= 4 is 29.8 Å². The van der Waals surface area contributed by atoms with Gasteiger partial charge in [-0.15, -0.1) is 6.42 Å². The minimum Gasteiger partial charge on any atom is -0.449 e. The van der Waals surface area contributed by atoms with Crippen LogP contribution in [0, 0.1) is 12.3 Å². The standard InChI is InChI=1S/C56H68N4O13/c1-2-24-57-54(63)52(60-53(62)40-71-36-34-69-32-30-67-28-26-59-56(65)73-39-51-48-21-12-8-17-44(48)45-18-9-13-22-49(45)51)23-5-3-4-14-41(61)37-70-35-33-68-31-29-66-27-25-58-55(64)72-38-50-46-19-10-6-15-42(46)43-16-7-11-20-47(43)50/h1,6-13,15-22,50-52H,3-5,14,23-40H2,(H,57,63)(H,58,64)(H,59,65)(H,60,62)/t52-/m0/s1. The van der Waals surface area contributed by atoms with Gasteiger partial charge in [-0.1, -0.05) is 116 Å². The Hall–Kier alpha value is -6.65. The minimum absolute atomic E-state index is 0.00298. The molecule has 390 valence electrons. The first-order valence-electron chi connectivity index (χ1n) is 25.0. The summed E-state index contributed by atoms with van der Waals surface area (Å²) in [6.45, 7) is 3.56. The molecule has 2 aliphatic rings. The number of ketones is 1. The highest BCUT2D eigenvalue weighted by atomic mass is 16.6. The number of rotatable bonds is 35. The van der Waals surface area contributed by atoms with Crippen LogP contribution < -0.4 is 21.3 Å². The monoisotopic (exact) mass is 1000 g/mol. The highest BCUT2D eigenvalue weighted by Gasteiger charge is 2.30. The van der Waals surface area contributed by atoms with Gasteiger partial charge in [0.25, 0.3) is 0 Å². The Kier molecular flexibility index (Phi) is 24.2. The van der Waals surface area contributed by atoms with E-state index in [1.807, 2.05) is 48.5 Å². The predicted octanol–water partition coefficient (Wildman–Crippen LogP) is 5.92. The van der Waals surface area contributed by atoms with Crippen LogP contribution in [0.2, 0.25) is 0 Å². The highest BCUT2D eigenvalue weighted by molar-refractivity contribution is 5.88. The van der Waals surface area contributed by atoms with Crippen LogP contribution in [-0.2, 0) is 52.3 Å². The maximum absolute atomic E-state index is 12.7. The molecule has 73 heavy (non-hydrogen) atoms. The van der Waals surface area contributed by atoms with Crippen LogP contribution in [0.1, 0.15) is 66.2 Å². The molecule has 4 aromatic carbocycles. The Balaban J connectivity index is 0.695. The SMILES string of the molecule is C#CCNC(=O)[C@H](CCCCCC(=O)COCCOCCOCCNC(=O)OCC1c2ccccc2-c2ccccc21)NC(=O)COCCOCCOCCNC(=O)OCC1c2ccccc2-c2ccccc21. The number of alkyl carbamates (subject to hydrolysis) is 2. The minimum atomic E-state index is -0.813. The van der Waals surface area contributed by atoms with E-state index in [1.165, 1.54) is 22.3 Å². The lowest BCUT2D eigenvalue weighted by Crippen LogP contribution is -2.47. The number of benzene rings is 4. The number of nitrogens with one attached hydrogen (secondary N) is 4. The number of Topliss-reactive ketones (excluding diaryl/α,β-unsaturated/α-hetero) is 1. The average Bonchev–Trinajstić information content (AvgIpc) is 3.91. The zero-order chi connectivity index (χ0) is 51.3. The van der Waals surface area contributed by atoms with E-state index in [0.29, 0.717) is 78.3 Å². The second-order valence-corrected chi connectivity index (χ2v) is 17.2. The van der Waals surface area contributed by atoms with Crippen LogP contribution in [0.25, 0.3) is 22.3 Å². The summed E-state index contributed by atoms with van der Waals surface area (Å²) in [5.74, 6) is 1.44. The zero-order valence-electron chi connectivity index (χ0n) is 41.4. The number of fused-ring (bicyclic) bond motifs is 6. The first-order chi connectivity index (χ1) is 35.8. The smallest absolute Gasteiger partial charge is 0.407 e. The van der Waals surface area contributed by atoms with Crippen molar-refractivity contribution in [2.45, 2.75) is 50.0 Å². The van der Waals surface area contributed by atoms with Crippen molar-refractivity contribution in [2.24, 2.45) is 0 Å². The molecule has 0 unspecified atom stereocenters. The van der Waals surface area contributed by atoms with Crippen LogP contribution in [-0.4, -0.2) is 148 Å². The second-order valence-electron chi connectivity index (χ2n) is 17.2. The van der Waals surface area contributed by atoms with E-state index in [4.69, 9.17) is 44.3 Å². The van der Waals surface area contributed by atoms with E-state index in [1.54, 1.807) is 0 Å². The zero-order valence-corrected chi connectivity index (χ0v) is 41.4. The maximum Gasteiger partial charge on any atom is 0.407 e. The van der Waals surface area contributed by atoms with Crippen LogP contribution >= 0.6 is 0 Å². The van der Waals surface area contributed by atoms with Crippen molar-refractivity contribution in [3.05, 3.63) is 119 Å². The summed E-state index contributed by atoms with van der Waals surface area (Å²) in [5.41, 5.74) is 9.29. The fourth-order valence-electron chi connectivity index (χ4n) is 8.67. The van der Waals surface area contributed by atoms with E-state index in [0.717, 1.165) is 22.3 Å². The third-order valence-electron chi connectivity index (χ3n) is 12.2. The molecule has 4 N–H and O–H groups in total. The van der Waals surface area contributed by atoms with Crippen molar-refractivity contribution in [1.82, 2.24) is 21.3 Å². The molecule has 0 saturated heterocycles. The number of carbonyl (C=O) groups is 5. The second kappa shape index (κ2) is 31.7. The molecule has 0 spiro atoms. The van der Waals surface area contributed by atoms with Crippen LogP contribution in [0.4, 0.5) is 9.59 Å². The Morgan fingerprint density at radius 1 is 0.493 bits per heavy atom. The summed E-state index contributed by atoms with van der Waals surface area (Å²) in [5, 5.41) is 10.7. The number of amides is 4. The molecular formula is C56H68N4O13. The van der Waals surface area contributed by atoms with Crippen molar-refractivity contribution in [3.63, 3.8) is 0 Å². The first kappa shape index (κ1) is 55.7. The van der Waals surface area contributed by atoms with Crippen LogP contribution in [0.15, 0.2) is 97.1 Å². The quantitative estimate of drug-likeness (QED) is 0.0313. The molecule has 2 aliphatic carbocycles. The normalized spacial score (nSPS) is 12.6. The molecule has 0 aromatic heterocycles. The molecule has 1 atom stereocenters. The summed E-state index contributed by atoms with van der Waals surface area (Å²) < 4.78 is 44.1. The van der Waals surface area contributed by atoms with Gasteiger partial charge in [-0.25, -0.2) is 9.59 Å². The molecular weight excluding hydrogens is 937 g/mol. The number of hydrogen-bond donors (Lipinski definition) is 4. The summed E-state index contributed by atoms with van der Waals surface area (Å²) in [6, 6.07) is 31.9. The van der Waals surface area contributed by atoms with Gasteiger partial charge in [-0.3, -0.25) is 14.4 Å². The van der Waals surface area contributed by atoms with Crippen molar-refractivity contribution in [3.8, 4) is 34.6 Å². The van der Waals surface area contributed by atoms with E-state index < -0.39 is 30.0 Å². The third kappa shape index (κ3) is 18.4. The van der Waals surface area contributed by atoms with Crippen molar-refractivity contribution in [1.29, 1.82) is 0 Å². The van der Waals surface area contributed by atoms with Crippen LogP contribution in [0.3, 0.4) is 0 Å². The van der Waals surface area contributed by atoms with Crippen LogP contribution in [0.5, 0.6) is 0 Å². The largest absolute Gasteiger partial charge is 0.449 e. The summed E-state index contributed by atoms with van der Waals surface area (Å²) in [6.07, 6.45) is 6.83. The topological polar surface area (TPSA) is 207 Å². The molecule has 4 amide bonds. The Morgan fingerprint density at radius 3 is 1.36 bits per heavy atom.